The third-order valence-corrected chi connectivity index (χ3v) is 3.14. The molecule has 4 heteroatoms. The zero-order chi connectivity index (χ0) is 12.4. The quantitative estimate of drug-likeness (QED) is 0.807. The van der Waals surface area contributed by atoms with E-state index in [1.165, 1.54) is 0 Å². The first-order valence-corrected chi connectivity index (χ1v) is 6.05. The minimum Gasteiger partial charge on any atom is -0.308 e. The molecule has 0 aromatic heterocycles. The molecule has 0 unspecified atom stereocenters. The van der Waals surface area contributed by atoms with Gasteiger partial charge < -0.3 is 5.32 Å². The molecule has 1 aliphatic heterocycles. The molecule has 0 spiro atoms. The van der Waals surface area contributed by atoms with Crippen molar-refractivity contribution in [3.05, 3.63) is 0 Å². The summed E-state index contributed by atoms with van der Waals surface area (Å²) in [5.41, 5.74) is 0.194. The molecule has 1 heterocycles. The lowest BCUT2D eigenvalue weighted by atomic mass is 9.98. The highest BCUT2D eigenvalue weighted by Crippen LogP contribution is 2.20. The van der Waals surface area contributed by atoms with Crippen LogP contribution < -0.4 is 5.32 Å². The van der Waals surface area contributed by atoms with E-state index in [-0.39, 0.29) is 18.1 Å². The van der Waals surface area contributed by atoms with Gasteiger partial charge in [-0.3, -0.25) is 4.90 Å². The van der Waals surface area contributed by atoms with E-state index in [4.69, 9.17) is 0 Å². The monoisotopic (exact) mass is 234 g/mol. The Balaban J connectivity index is 2.28. The van der Waals surface area contributed by atoms with Crippen molar-refractivity contribution in [1.29, 1.82) is 0 Å². The highest BCUT2D eigenvalue weighted by Gasteiger charge is 2.28. The van der Waals surface area contributed by atoms with Gasteiger partial charge in [0.25, 0.3) is 5.92 Å². The molecule has 1 rings (SSSR count). The standard InChI is InChI=1S/C12H24F2N2/c1-11(2,3)16-7-5-10(6-8-16)15-9-12(4,13)14/h10,15H,5-9H2,1-4H3. The largest absolute Gasteiger partial charge is 0.308 e. The van der Waals surface area contributed by atoms with Gasteiger partial charge in [-0.25, -0.2) is 8.78 Å². The fourth-order valence-electron chi connectivity index (χ4n) is 2.08. The van der Waals surface area contributed by atoms with E-state index in [0.717, 1.165) is 32.9 Å². The van der Waals surface area contributed by atoms with Crippen molar-refractivity contribution in [3.63, 3.8) is 0 Å². The maximum absolute atomic E-state index is 12.7. The van der Waals surface area contributed by atoms with E-state index < -0.39 is 5.92 Å². The Morgan fingerprint density at radius 3 is 2.00 bits per heavy atom. The van der Waals surface area contributed by atoms with Gasteiger partial charge in [-0.05, 0) is 33.6 Å². The summed E-state index contributed by atoms with van der Waals surface area (Å²) >= 11 is 0. The number of alkyl halides is 2. The second kappa shape index (κ2) is 4.96. The van der Waals surface area contributed by atoms with Crippen LogP contribution in [-0.2, 0) is 0 Å². The predicted molar refractivity (Wildman–Crippen MR) is 63.0 cm³/mol. The second-order valence-electron chi connectivity index (χ2n) is 5.88. The van der Waals surface area contributed by atoms with E-state index in [9.17, 15) is 8.78 Å². The second-order valence-corrected chi connectivity index (χ2v) is 5.88. The van der Waals surface area contributed by atoms with Crippen molar-refractivity contribution in [2.75, 3.05) is 19.6 Å². The lowest BCUT2D eigenvalue weighted by molar-refractivity contribution is 0.0148. The SMILES string of the molecule is CC(F)(F)CNC1CCN(C(C)(C)C)CC1. The topological polar surface area (TPSA) is 15.3 Å². The Labute approximate surface area is 97.4 Å². The number of piperidine rings is 1. The maximum Gasteiger partial charge on any atom is 0.257 e. The normalized spacial score (nSPS) is 21.4. The number of rotatable bonds is 3. The van der Waals surface area contributed by atoms with Crippen molar-refractivity contribution in [3.8, 4) is 0 Å². The van der Waals surface area contributed by atoms with Gasteiger partial charge in [0.1, 0.15) is 0 Å². The van der Waals surface area contributed by atoms with Crippen LogP contribution in [0.25, 0.3) is 0 Å². The number of likely N-dealkylation sites (tertiary alicyclic amines) is 1. The third kappa shape index (κ3) is 4.74. The first-order chi connectivity index (χ1) is 7.18. The van der Waals surface area contributed by atoms with Gasteiger partial charge in [0.05, 0.1) is 6.54 Å². The van der Waals surface area contributed by atoms with Crippen LogP contribution in [0.4, 0.5) is 8.78 Å². The molecule has 1 saturated heterocycles. The molecule has 0 aliphatic carbocycles. The van der Waals surface area contributed by atoms with Crippen molar-refractivity contribution < 1.29 is 8.78 Å². The summed E-state index contributed by atoms with van der Waals surface area (Å²) in [5, 5.41) is 2.96. The van der Waals surface area contributed by atoms with Crippen LogP contribution in [0.3, 0.4) is 0 Å². The van der Waals surface area contributed by atoms with Crippen molar-refractivity contribution in [2.45, 2.75) is 58.0 Å². The molecule has 0 amide bonds. The minimum absolute atomic E-state index is 0.194. The first-order valence-electron chi connectivity index (χ1n) is 6.05. The lowest BCUT2D eigenvalue weighted by Gasteiger charge is -2.41. The molecule has 96 valence electrons. The zero-order valence-electron chi connectivity index (χ0n) is 10.8. The van der Waals surface area contributed by atoms with Gasteiger partial charge in [-0.1, -0.05) is 0 Å². The van der Waals surface area contributed by atoms with E-state index in [1.807, 2.05) is 0 Å². The van der Waals surface area contributed by atoms with Crippen LogP contribution in [-0.4, -0.2) is 42.0 Å². The van der Waals surface area contributed by atoms with Crippen molar-refractivity contribution >= 4 is 0 Å². The fourth-order valence-corrected chi connectivity index (χ4v) is 2.08. The molecule has 0 bridgehead atoms. The molecule has 16 heavy (non-hydrogen) atoms. The fraction of sp³-hybridized carbons (Fsp3) is 1.00. The Kier molecular flexibility index (Phi) is 4.29. The summed E-state index contributed by atoms with van der Waals surface area (Å²) in [6.07, 6.45) is 1.93. The Bertz CT molecular complexity index is 210. The average molecular weight is 234 g/mol. The van der Waals surface area contributed by atoms with E-state index in [2.05, 4.69) is 31.0 Å². The van der Waals surface area contributed by atoms with Gasteiger partial charge >= 0.3 is 0 Å². The molecule has 0 saturated carbocycles. The predicted octanol–water partition coefficient (Wildman–Crippen LogP) is 2.49. The molecule has 1 fully saturated rings. The van der Waals surface area contributed by atoms with Gasteiger partial charge in [0.15, 0.2) is 0 Å². The molecule has 2 nitrogen and oxygen atoms in total. The summed E-state index contributed by atoms with van der Waals surface area (Å²) in [7, 11) is 0. The highest BCUT2D eigenvalue weighted by atomic mass is 19.3. The molecular weight excluding hydrogens is 210 g/mol. The number of hydrogen-bond acceptors (Lipinski definition) is 2. The molecule has 0 aromatic rings. The van der Waals surface area contributed by atoms with E-state index in [1.54, 1.807) is 0 Å². The number of nitrogens with one attached hydrogen (secondary N) is 1. The summed E-state index contributed by atoms with van der Waals surface area (Å²) in [6, 6.07) is 0.254. The number of nitrogens with zero attached hydrogens (tertiary/aromatic N) is 1. The Morgan fingerprint density at radius 2 is 1.62 bits per heavy atom. The molecule has 1 aliphatic rings. The van der Waals surface area contributed by atoms with Crippen LogP contribution in [0.15, 0.2) is 0 Å². The molecule has 0 aromatic carbocycles. The minimum atomic E-state index is -2.60. The van der Waals surface area contributed by atoms with Crippen LogP contribution in [0.2, 0.25) is 0 Å². The van der Waals surface area contributed by atoms with Crippen LogP contribution in [0.5, 0.6) is 0 Å². The number of hydrogen-bond donors (Lipinski definition) is 1. The third-order valence-electron chi connectivity index (χ3n) is 3.14. The smallest absolute Gasteiger partial charge is 0.257 e. The zero-order valence-corrected chi connectivity index (χ0v) is 10.8. The summed E-state index contributed by atoms with van der Waals surface area (Å²) in [4.78, 5) is 2.41. The maximum atomic E-state index is 12.7. The van der Waals surface area contributed by atoms with Gasteiger partial charge in [-0.2, -0.15) is 0 Å². The van der Waals surface area contributed by atoms with E-state index >= 15 is 0 Å². The molecule has 0 atom stereocenters. The lowest BCUT2D eigenvalue weighted by Crippen LogP contribution is -2.51. The summed E-state index contributed by atoms with van der Waals surface area (Å²) in [5.74, 6) is -2.60. The molecule has 0 radical (unpaired) electrons. The van der Waals surface area contributed by atoms with E-state index in [0.29, 0.717) is 0 Å². The Morgan fingerprint density at radius 1 is 1.12 bits per heavy atom. The van der Waals surface area contributed by atoms with Gasteiger partial charge in [-0.15, -0.1) is 0 Å². The van der Waals surface area contributed by atoms with Crippen LogP contribution >= 0.6 is 0 Å². The summed E-state index contributed by atoms with van der Waals surface area (Å²) < 4.78 is 25.3. The van der Waals surface area contributed by atoms with Gasteiger partial charge in [0.2, 0.25) is 0 Å². The summed E-state index contributed by atoms with van der Waals surface area (Å²) in [6.45, 7) is 9.34. The Hall–Kier alpha value is -0.220. The van der Waals surface area contributed by atoms with Crippen molar-refractivity contribution in [2.24, 2.45) is 0 Å². The average Bonchev–Trinajstić information content (AvgIpc) is 2.13. The number of halogens is 2. The molecule has 1 N–H and O–H groups in total. The first kappa shape index (κ1) is 13.8. The van der Waals surface area contributed by atoms with Gasteiger partial charge in [0, 0.05) is 31.6 Å². The van der Waals surface area contributed by atoms with Crippen LogP contribution in [0, 0.1) is 0 Å². The molecular formula is C12H24F2N2. The van der Waals surface area contributed by atoms with Crippen molar-refractivity contribution in [1.82, 2.24) is 10.2 Å². The highest BCUT2D eigenvalue weighted by molar-refractivity contribution is 4.84. The van der Waals surface area contributed by atoms with Crippen LogP contribution in [0.1, 0.15) is 40.5 Å².